The van der Waals surface area contributed by atoms with Gasteiger partial charge in [-0.15, -0.1) is 0 Å². The number of ether oxygens (including phenoxy) is 2. The lowest BCUT2D eigenvalue weighted by Crippen LogP contribution is -2.58. The number of aliphatic imine (C=N–C) groups is 1. The van der Waals surface area contributed by atoms with Crippen LogP contribution in [0.2, 0.25) is 0 Å². The van der Waals surface area contributed by atoms with Crippen LogP contribution in [0.5, 0.6) is 5.75 Å². The van der Waals surface area contributed by atoms with E-state index in [-0.39, 0.29) is 0 Å². The van der Waals surface area contributed by atoms with E-state index in [1.807, 2.05) is 30.4 Å². The second kappa shape index (κ2) is 6.96. The molecule has 3 unspecified atom stereocenters. The molecule has 132 valence electrons. The number of rotatable bonds is 5. The summed E-state index contributed by atoms with van der Waals surface area (Å²) in [6, 6.07) is 8.03. The average Bonchev–Trinajstić information content (AvgIpc) is 2.64. The van der Waals surface area contributed by atoms with Gasteiger partial charge in [-0.3, -0.25) is 4.99 Å². The zero-order valence-corrected chi connectivity index (χ0v) is 14.7. The minimum Gasteiger partial charge on any atom is -0.497 e. The van der Waals surface area contributed by atoms with Crippen LogP contribution >= 0.6 is 0 Å². The maximum absolute atomic E-state index is 6.54. The molecule has 5 nitrogen and oxygen atoms in total. The van der Waals surface area contributed by atoms with Gasteiger partial charge in [0.2, 0.25) is 0 Å². The van der Waals surface area contributed by atoms with E-state index in [0.717, 1.165) is 17.7 Å². The number of nitrogens with two attached hydrogens (primary N) is 2. The maximum atomic E-state index is 6.54. The fourth-order valence-electron chi connectivity index (χ4n) is 3.40. The molecule has 3 rings (SSSR count). The van der Waals surface area contributed by atoms with Crippen LogP contribution in [0.15, 0.2) is 59.6 Å². The molecule has 0 amide bonds. The Balaban J connectivity index is 1.83. The number of dihydropyridines is 1. The zero-order valence-electron chi connectivity index (χ0n) is 14.7. The van der Waals surface area contributed by atoms with Crippen LogP contribution in [0.4, 0.5) is 0 Å². The lowest BCUT2D eigenvalue weighted by Gasteiger charge is -2.41. The summed E-state index contributed by atoms with van der Waals surface area (Å²) >= 11 is 0. The average molecular weight is 339 g/mol. The van der Waals surface area contributed by atoms with Crippen molar-refractivity contribution in [1.29, 1.82) is 0 Å². The van der Waals surface area contributed by atoms with Gasteiger partial charge in [-0.2, -0.15) is 0 Å². The van der Waals surface area contributed by atoms with Crippen LogP contribution in [0.1, 0.15) is 18.4 Å². The summed E-state index contributed by atoms with van der Waals surface area (Å²) in [5.41, 5.74) is 13.7. The van der Waals surface area contributed by atoms with E-state index in [1.54, 1.807) is 20.4 Å². The number of benzene rings is 1. The Labute approximate surface area is 148 Å². The summed E-state index contributed by atoms with van der Waals surface area (Å²) in [6.45, 7) is 0. The Kier molecular flexibility index (Phi) is 4.90. The first kappa shape index (κ1) is 17.6. The summed E-state index contributed by atoms with van der Waals surface area (Å²) < 4.78 is 11.2. The third-order valence-electron chi connectivity index (χ3n) is 4.95. The minimum atomic E-state index is -0.739. The van der Waals surface area contributed by atoms with Crippen molar-refractivity contribution < 1.29 is 9.47 Å². The fraction of sp³-hybridized carbons (Fsp3) is 0.350. The first-order valence-corrected chi connectivity index (χ1v) is 8.34. The highest BCUT2D eigenvalue weighted by Gasteiger charge is 2.42. The summed E-state index contributed by atoms with van der Waals surface area (Å²) in [6.07, 6.45) is 12.4. The molecule has 2 aliphatic rings. The molecule has 0 fully saturated rings. The third kappa shape index (κ3) is 3.58. The van der Waals surface area contributed by atoms with Gasteiger partial charge < -0.3 is 20.9 Å². The lowest BCUT2D eigenvalue weighted by molar-refractivity contribution is 0.0126. The van der Waals surface area contributed by atoms with E-state index in [4.69, 9.17) is 20.9 Å². The van der Waals surface area contributed by atoms with Gasteiger partial charge >= 0.3 is 0 Å². The van der Waals surface area contributed by atoms with E-state index in [1.165, 1.54) is 5.57 Å². The molecule has 1 heterocycles. The number of hydrogen-bond acceptors (Lipinski definition) is 5. The van der Waals surface area contributed by atoms with E-state index < -0.39 is 17.3 Å². The van der Waals surface area contributed by atoms with Crippen LogP contribution in [0, 0.1) is 0 Å². The molecule has 1 aliphatic heterocycles. The SMILES string of the molecule is COc1ccc(C2=CC=CC(CC3(N)C=CC=NC3N)(OC)C2)cc1. The van der Waals surface area contributed by atoms with Gasteiger partial charge in [0.25, 0.3) is 0 Å². The Bertz CT molecular complexity index is 736. The van der Waals surface area contributed by atoms with Crippen LogP contribution in [0.3, 0.4) is 0 Å². The molecule has 0 saturated carbocycles. The molecule has 1 aromatic carbocycles. The molecule has 0 spiro atoms. The molecular formula is C20H25N3O2. The van der Waals surface area contributed by atoms with Crippen molar-refractivity contribution in [3.63, 3.8) is 0 Å². The highest BCUT2D eigenvalue weighted by atomic mass is 16.5. The van der Waals surface area contributed by atoms with Crippen molar-refractivity contribution in [2.45, 2.75) is 30.1 Å². The van der Waals surface area contributed by atoms with Crippen molar-refractivity contribution in [1.82, 2.24) is 0 Å². The Morgan fingerprint density at radius 2 is 1.92 bits per heavy atom. The van der Waals surface area contributed by atoms with Gasteiger partial charge in [0, 0.05) is 26.2 Å². The van der Waals surface area contributed by atoms with Gasteiger partial charge in [-0.05, 0) is 29.3 Å². The predicted molar refractivity (Wildman–Crippen MR) is 102 cm³/mol. The molecule has 0 radical (unpaired) electrons. The fourth-order valence-corrected chi connectivity index (χ4v) is 3.40. The predicted octanol–water partition coefficient (Wildman–Crippen LogP) is 2.44. The number of allylic oxidation sites excluding steroid dienone is 3. The van der Waals surface area contributed by atoms with Crippen molar-refractivity contribution in [3.8, 4) is 5.75 Å². The molecule has 0 saturated heterocycles. The Morgan fingerprint density at radius 1 is 1.16 bits per heavy atom. The second-order valence-corrected chi connectivity index (χ2v) is 6.62. The number of nitrogens with zero attached hydrogens (tertiary/aromatic N) is 1. The van der Waals surface area contributed by atoms with Crippen LogP contribution < -0.4 is 16.2 Å². The molecule has 4 N–H and O–H groups in total. The topological polar surface area (TPSA) is 82.9 Å². The highest BCUT2D eigenvalue weighted by molar-refractivity contribution is 5.73. The van der Waals surface area contributed by atoms with Crippen molar-refractivity contribution in [2.24, 2.45) is 16.5 Å². The number of methoxy groups -OCH3 is 2. The zero-order chi connectivity index (χ0) is 17.9. The first-order chi connectivity index (χ1) is 12.0. The van der Waals surface area contributed by atoms with Crippen molar-refractivity contribution >= 4 is 11.8 Å². The van der Waals surface area contributed by atoms with E-state index >= 15 is 0 Å². The Hall–Kier alpha value is -2.21. The smallest absolute Gasteiger partial charge is 0.119 e. The van der Waals surface area contributed by atoms with Crippen molar-refractivity contribution in [2.75, 3.05) is 14.2 Å². The summed E-state index contributed by atoms with van der Waals surface area (Å²) in [4.78, 5) is 4.24. The van der Waals surface area contributed by atoms with E-state index in [9.17, 15) is 0 Å². The summed E-state index contributed by atoms with van der Waals surface area (Å²) in [7, 11) is 3.38. The standard InChI is InChI=1S/C20H25N3O2/c1-24-17-8-6-15(7-9-17)16-5-3-10-19(13-16,25-2)14-20(22)11-4-12-23-18(20)21/h3-12,18H,13-14,21-22H2,1-2H3. The van der Waals surface area contributed by atoms with Crippen molar-refractivity contribution in [3.05, 3.63) is 60.2 Å². The molecule has 1 aliphatic carbocycles. The third-order valence-corrected chi connectivity index (χ3v) is 4.95. The highest BCUT2D eigenvalue weighted by Crippen LogP contribution is 2.38. The summed E-state index contributed by atoms with van der Waals surface area (Å²) in [5, 5.41) is 0. The normalized spacial score (nSPS) is 31.0. The molecule has 0 bridgehead atoms. The Morgan fingerprint density at radius 3 is 2.56 bits per heavy atom. The second-order valence-electron chi connectivity index (χ2n) is 6.62. The van der Waals surface area contributed by atoms with E-state index in [2.05, 4.69) is 29.3 Å². The molecule has 0 aromatic heterocycles. The molecule has 3 atom stereocenters. The molecule has 5 heteroatoms. The maximum Gasteiger partial charge on any atom is 0.119 e. The van der Waals surface area contributed by atoms with Gasteiger partial charge in [-0.25, -0.2) is 0 Å². The van der Waals surface area contributed by atoms with Gasteiger partial charge in [0.05, 0.1) is 18.2 Å². The lowest BCUT2D eigenvalue weighted by atomic mass is 9.76. The van der Waals surface area contributed by atoms with E-state index in [0.29, 0.717) is 6.42 Å². The molecule has 1 aromatic rings. The molecule has 25 heavy (non-hydrogen) atoms. The minimum absolute atomic E-state index is 0.478. The van der Waals surface area contributed by atoms with Crippen LogP contribution in [0.25, 0.3) is 5.57 Å². The largest absolute Gasteiger partial charge is 0.497 e. The van der Waals surface area contributed by atoms with Gasteiger partial charge in [0.1, 0.15) is 11.9 Å². The monoisotopic (exact) mass is 339 g/mol. The van der Waals surface area contributed by atoms with Gasteiger partial charge in [0.15, 0.2) is 0 Å². The van der Waals surface area contributed by atoms with Crippen LogP contribution in [-0.4, -0.2) is 37.7 Å². The quantitative estimate of drug-likeness (QED) is 0.863. The molecular weight excluding hydrogens is 314 g/mol. The van der Waals surface area contributed by atoms with Crippen LogP contribution in [-0.2, 0) is 4.74 Å². The number of hydrogen-bond donors (Lipinski definition) is 2. The van der Waals surface area contributed by atoms with Gasteiger partial charge in [-0.1, -0.05) is 36.4 Å². The summed E-state index contributed by atoms with van der Waals surface area (Å²) in [5.74, 6) is 0.839. The first-order valence-electron chi connectivity index (χ1n) is 8.34.